The van der Waals surface area contributed by atoms with Gasteiger partial charge in [0.2, 0.25) is 0 Å². The van der Waals surface area contributed by atoms with Crippen LogP contribution >= 0.6 is 0 Å². The van der Waals surface area contributed by atoms with Gasteiger partial charge < -0.3 is 5.32 Å². The smallest absolute Gasteiger partial charge is 0.0192 e. The Kier molecular flexibility index (Phi) is 5.03. The molecule has 1 N–H and O–H groups in total. The number of rotatable bonds is 3. The highest BCUT2D eigenvalue weighted by molar-refractivity contribution is 4.89. The molecule has 0 aromatic carbocycles. The summed E-state index contributed by atoms with van der Waals surface area (Å²) in [7, 11) is 0. The van der Waals surface area contributed by atoms with E-state index in [1.165, 1.54) is 38.9 Å². The van der Waals surface area contributed by atoms with E-state index in [0.29, 0.717) is 17.0 Å². The van der Waals surface area contributed by atoms with Crippen molar-refractivity contribution in [2.24, 2.45) is 5.41 Å². The minimum atomic E-state index is 0.317. The lowest BCUT2D eigenvalue weighted by Gasteiger charge is -2.43. The summed E-state index contributed by atoms with van der Waals surface area (Å²) in [5, 5.41) is 3.65. The first kappa shape index (κ1) is 15.0. The van der Waals surface area contributed by atoms with Crippen molar-refractivity contribution in [3.05, 3.63) is 0 Å². The summed E-state index contributed by atoms with van der Waals surface area (Å²) in [5.74, 6) is 0. The van der Waals surface area contributed by atoms with Crippen LogP contribution in [0.25, 0.3) is 0 Å². The Morgan fingerprint density at radius 1 is 1.18 bits per heavy atom. The maximum Gasteiger partial charge on any atom is 0.0192 e. The highest BCUT2D eigenvalue weighted by Crippen LogP contribution is 2.31. The molecular formula is C15H32N2. The number of nitrogens with one attached hydrogen (secondary N) is 1. The van der Waals surface area contributed by atoms with Gasteiger partial charge in [-0.2, -0.15) is 0 Å². The maximum atomic E-state index is 3.65. The predicted molar refractivity (Wildman–Crippen MR) is 76.4 cm³/mol. The van der Waals surface area contributed by atoms with Crippen LogP contribution in [0.15, 0.2) is 0 Å². The molecule has 17 heavy (non-hydrogen) atoms. The quantitative estimate of drug-likeness (QED) is 0.814. The number of nitrogens with zero attached hydrogens (tertiary/aromatic N) is 1. The first-order valence-corrected chi connectivity index (χ1v) is 7.23. The molecular weight excluding hydrogens is 208 g/mol. The van der Waals surface area contributed by atoms with E-state index in [-0.39, 0.29) is 0 Å². The average Bonchev–Trinajstić information content (AvgIpc) is 2.38. The summed E-state index contributed by atoms with van der Waals surface area (Å²) in [5.41, 5.74) is 0.725. The van der Waals surface area contributed by atoms with E-state index >= 15 is 0 Å². The molecule has 1 fully saturated rings. The van der Waals surface area contributed by atoms with Gasteiger partial charge in [-0.15, -0.1) is 0 Å². The van der Waals surface area contributed by atoms with Gasteiger partial charge in [0.25, 0.3) is 0 Å². The van der Waals surface area contributed by atoms with E-state index in [1.807, 2.05) is 0 Å². The van der Waals surface area contributed by atoms with E-state index in [4.69, 9.17) is 0 Å². The van der Waals surface area contributed by atoms with Crippen molar-refractivity contribution in [1.82, 2.24) is 10.2 Å². The van der Waals surface area contributed by atoms with Gasteiger partial charge in [-0.05, 0) is 51.6 Å². The van der Waals surface area contributed by atoms with Crippen molar-refractivity contribution in [3.63, 3.8) is 0 Å². The lowest BCUT2D eigenvalue weighted by molar-refractivity contribution is 0.0750. The molecule has 1 heterocycles. The molecule has 0 radical (unpaired) electrons. The lowest BCUT2D eigenvalue weighted by Crippen LogP contribution is -2.50. The van der Waals surface area contributed by atoms with Crippen molar-refractivity contribution in [2.75, 3.05) is 19.6 Å². The zero-order valence-electron chi connectivity index (χ0n) is 12.8. The van der Waals surface area contributed by atoms with E-state index in [0.717, 1.165) is 0 Å². The lowest BCUT2D eigenvalue weighted by atomic mass is 9.80. The monoisotopic (exact) mass is 240 g/mol. The van der Waals surface area contributed by atoms with Crippen LogP contribution < -0.4 is 5.32 Å². The molecule has 0 saturated carbocycles. The summed E-state index contributed by atoms with van der Waals surface area (Å²) >= 11 is 0. The van der Waals surface area contributed by atoms with Gasteiger partial charge in [-0.25, -0.2) is 0 Å². The second-order valence-corrected chi connectivity index (χ2v) is 7.41. The van der Waals surface area contributed by atoms with Gasteiger partial charge in [0, 0.05) is 18.1 Å². The Morgan fingerprint density at radius 2 is 1.82 bits per heavy atom. The fourth-order valence-electron chi connectivity index (χ4n) is 3.23. The van der Waals surface area contributed by atoms with E-state index in [9.17, 15) is 0 Å². The molecule has 1 saturated heterocycles. The van der Waals surface area contributed by atoms with Gasteiger partial charge >= 0.3 is 0 Å². The first-order chi connectivity index (χ1) is 7.74. The van der Waals surface area contributed by atoms with Crippen LogP contribution in [0.1, 0.15) is 60.8 Å². The molecule has 0 aromatic heterocycles. The van der Waals surface area contributed by atoms with Crippen molar-refractivity contribution < 1.29 is 0 Å². The Labute approximate surface area is 108 Å². The molecule has 1 aliphatic heterocycles. The Morgan fingerprint density at radius 3 is 2.35 bits per heavy atom. The van der Waals surface area contributed by atoms with Crippen molar-refractivity contribution in [2.45, 2.75) is 72.4 Å². The molecule has 102 valence electrons. The Balaban J connectivity index is 2.67. The van der Waals surface area contributed by atoms with E-state index in [1.54, 1.807) is 0 Å². The van der Waals surface area contributed by atoms with Crippen molar-refractivity contribution >= 4 is 0 Å². The van der Waals surface area contributed by atoms with E-state index in [2.05, 4.69) is 51.8 Å². The highest BCUT2D eigenvalue weighted by atomic mass is 15.2. The SMILES string of the molecule is CCC1CN(C(C)(C)CC(C)(C)C)CCCN1. The van der Waals surface area contributed by atoms with Crippen LogP contribution in [0.5, 0.6) is 0 Å². The molecule has 1 unspecified atom stereocenters. The maximum absolute atomic E-state index is 3.65. The fourth-order valence-corrected chi connectivity index (χ4v) is 3.23. The molecule has 1 aliphatic rings. The predicted octanol–water partition coefficient (Wildman–Crippen LogP) is 3.28. The van der Waals surface area contributed by atoms with Crippen molar-refractivity contribution in [3.8, 4) is 0 Å². The second kappa shape index (κ2) is 5.71. The Hall–Kier alpha value is -0.0800. The van der Waals surface area contributed by atoms with E-state index < -0.39 is 0 Å². The molecule has 2 heteroatoms. The molecule has 0 aliphatic carbocycles. The van der Waals surface area contributed by atoms with Crippen LogP contribution in [-0.2, 0) is 0 Å². The van der Waals surface area contributed by atoms with Gasteiger partial charge in [0.15, 0.2) is 0 Å². The van der Waals surface area contributed by atoms with Gasteiger partial charge in [0.1, 0.15) is 0 Å². The van der Waals surface area contributed by atoms with Gasteiger partial charge in [-0.1, -0.05) is 27.7 Å². The van der Waals surface area contributed by atoms with Crippen LogP contribution in [0, 0.1) is 5.41 Å². The molecule has 0 bridgehead atoms. The molecule has 1 rings (SSSR count). The minimum Gasteiger partial charge on any atom is -0.313 e. The number of hydrogen-bond acceptors (Lipinski definition) is 2. The summed E-state index contributed by atoms with van der Waals surface area (Å²) in [6.45, 7) is 17.8. The van der Waals surface area contributed by atoms with Crippen molar-refractivity contribution in [1.29, 1.82) is 0 Å². The molecule has 0 amide bonds. The summed E-state index contributed by atoms with van der Waals surface area (Å²) in [6.07, 6.45) is 3.78. The van der Waals surface area contributed by atoms with Crippen LogP contribution in [-0.4, -0.2) is 36.1 Å². The standard InChI is InChI=1S/C15H32N2/c1-7-13-11-17(10-8-9-16-13)15(5,6)12-14(2,3)4/h13,16H,7-12H2,1-6H3. The largest absolute Gasteiger partial charge is 0.313 e. The molecule has 2 nitrogen and oxygen atoms in total. The zero-order valence-corrected chi connectivity index (χ0v) is 12.8. The molecule has 0 spiro atoms. The third kappa shape index (κ3) is 4.97. The van der Waals surface area contributed by atoms with Crippen LogP contribution in [0.2, 0.25) is 0 Å². The number of hydrogen-bond donors (Lipinski definition) is 1. The average molecular weight is 240 g/mol. The van der Waals surface area contributed by atoms with Crippen LogP contribution in [0.4, 0.5) is 0 Å². The van der Waals surface area contributed by atoms with Crippen LogP contribution in [0.3, 0.4) is 0 Å². The summed E-state index contributed by atoms with van der Waals surface area (Å²) in [6, 6.07) is 0.678. The Bertz CT molecular complexity index is 228. The summed E-state index contributed by atoms with van der Waals surface area (Å²) < 4.78 is 0. The third-order valence-electron chi connectivity index (χ3n) is 3.79. The first-order valence-electron chi connectivity index (χ1n) is 7.23. The minimum absolute atomic E-state index is 0.317. The molecule has 0 aromatic rings. The zero-order chi connectivity index (χ0) is 13.1. The summed E-state index contributed by atoms with van der Waals surface area (Å²) in [4.78, 5) is 2.70. The van der Waals surface area contributed by atoms with Gasteiger partial charge in [-0.3, -0.25) is 4.90 Å². The highest BCUT2D eigenvalue weighted by Gasteiger charge is 2.33. The third-order valence-corrected chi connectivity index (χ3v) is 3.79. The fraction of sp³-hybridized carbons (Fsp3) is 1.00. The normalized spacial score (nSPS) is 24.7. The molecule has 1 atom stereocenters. The second-order valence-electron chi connectivity index (χ2n) is 7.41. The topological polar surface area (TPSA) is 15.3 Å². The van der Waals surface area contributed by atoms with Gasteiger partial charge in [0.05, 0.1) is 0 Å².